The van der Waals surface area contributed by atoms with Crippen molar-refractivity contribution < 1.29 is 9.53 Å². The van der Waals surface area contributed by atoms with E-state index in [4.69, 9.17) is 4.74 Å². The van der Waals surface area contributed by atoms with Crippen LogP contribution < -0.4 is 0 Å². The zero-order valence-electron chi connectivity index (χ0n) is 13.6. The van der Waals surface area contributed by atoms with Crippen LogP contribution in [0.3, 0.4) is 0 Å². The van der Waals surface area contributed by atoms with Crippen molar-refractivity contribution in [1.29, 1.82) is 0 Å². The molecule has 0 saturated carbocycles. The summed E-state index contributed by atoms with van der Waals surface area (Å²) in [5.74, 6) is 0.940. The van der Waals surface area contributed by atoms with Crippen molar-refractivity contribution in [1.82, 2.24) is 14.8 Å². The van der Waals surface area contributed by atoms with E-state index in [9.17, 15) is 4.79 Å². The summed E-state index contributed by atoms with van der Waals surface area (Å²) >= 11 is 0. The van der Waals surface area contributed by atoms with Crippen molar-refractivity contribution in [2.75, 3.05) is 32.8 Å². The van der Waals surface area contributed by atoms with Crippen molar-refractivity contribution in [2.45, 2.75) is 37.8 Å². The standard InChI is InChI=1S/C18H25N3O2/c22-17-2-1-9-21(17)10-5-16-6-11-23-18(16)13-20(14-18)12-15-3-7-19-8-4-15/h3-4,7-8,16H,1-2,5-6,9-14H2/t16-/m1/s1. The summed E-state index contributed by atoms with van der Waals surface area (Å²) in [6.07, 6.45) is 7.72. The largest absolute Gasteiger partial charge is 0.372 e. The number of likely N-dealkylation sites (tertiary alicyclic amines) is 2. The van der Waals surface area contributed by atoms with Gasteiger partial charge in [0.05, 0.1) is 5.60 Å². The van der Waals surface area contributed by atoms with E-state index in [0.717, 1.165) is 65.0 Å². The number of aromatic nitrogens is 1. The van der Waals surface area contributed by atoms with Gasteiger partial charge in [0, 0.05) is 58.1 Å². The number of hydrogen-bond donors (Lipinski definition) is 0. The quantitative estimate of drug-likeness (QED) is 0.829. The molecule has 0 radical (unpaired) electrons. The van der Waals surface area contributed by atoms with Crippen LogP contribution in [-0.4, -0.2) is 59.1 Å². The van der Waals surface area contributed by atoms with Crippen molar-refractivity contribution in [2.24, 2.45) is 5.92 Å². The molecule has 3 aliphatic rings. The van der Waals surface area contributed by atoms with Crippen LogP contribution in [-0.2, 0) is 16.1 Å². The second-order valence-electron chi connectivity index (χ2n) is 7.17. The van der Waals surface area contributed by atoms with E-state index in [1.165, 1.54) is 5.56 Å². The number of hydrogen-bond acceptors (Lipinski definition) is 4. The minimum absolute atomic E-state index is 0.0514. The molecule has 3 aliphatic heterocycles. The van der Waals surface area contributed by atoms with Gasteiger partial charge in [-0.05, 0) is 42.9 Å². The van der Waals surface area contributed by atoms with E-state index in [2.05, 4.69) is 22.0 Å². The lowest BCUT2D eigenvalue weighted by Crippen LogP contribution is -2.64. The molecule has 0 unspecified atom stereocenters. The van der Waals surface area contributed by atoms with E-state index in [1.54, 1.807) is 0 Å². The van der Waals surface area contributed by atoms with E-state index >= 15 is 0 Å². The van der Waals surface area contributed by atoms with Crippen LogP contribution in [0.4, 0.5) is 0 Å². The molecule has 0 N–H and O–H groups in total. The summed E-state index contributed by atoms with van der Waals surface area (Å²) in [6.45, 7) is 5.76. The number of rotatable bonds is 5. The van der Waals surface area contributed by atoms with Crippen LogP contribution in [0.2, 0.25) is 0 Å². The monoisotopic (exact) mass is 315 g/mol. The molecule has 3 saturated heterocycles. The zero-order chi connectivity index (χ0) is 15.7. The van der Waals surface area contributed by atoms with E-state index < -0.39 is 0 Å². The Bertz CT molecular complexity index is 557. The average Bonchev–Trinajstić information content (AvgIpc) is 3.12. The van der Waals surface area contributed by atoms with Gasteiger partial charge in [0.15, 0.2) is 0 Å². The molecule has 3 fully saturated rings. The summed E-state index contributed by atoms with van der Waals surface area (Å²) in [5.41, 5.74) is 1.36. The Balaban J connectivity index is 1.29. The summed E-state index contributed by atoms with van der Waals surface area (Å²) in [6, 6.07) is 4.16. The normalized spacial score (nSPS) is 26.9. The van der Waals surface area contributed by atoms with Crippen LogP contribution >= 0.6 is 0 Å². The molecular formula is C18H25N3O2. The van der Waals surface area contributed by atoms with Gasteiger partial charge in [-0.1, -0.05) is 0 Å². The molecule has 1 atom stereocenters. The van der Waals surface area contributed by atoms with Gasteiger partial charge >= 0.3 is 0 Å². The Morgan fingerprint density at radius 2 is 2.13 bits per heavy atom. The Kier molecular flexibility index (Phi) is 4.07. The molecular weight excluding hydrogens is 290 g/mol. The predicted octanol–water partition coefficient (Wildman–Crippen LogP) is 1.68. The fraction of sp³-hybridized carbons (Fsp3) is 0.667. The number of nitrogens with zero attached hydrogens (tertiary/aromatic N) is 3. The van der Waals surface area contributed by atoms with Crippen LogP contribution in [0.1, 0.15) is 31.2 Å². The van der Waals surface area contributed by atoms with Crippen molar-refractivity contribution >= 4 is 5.91 Å². The SMILES string of the molecule is O=C1CCCN1CC[C@@H]1CCOC12CN(Cc1ccncc1)C2. The third-order valence-corrected chi connectivity index (χ3v) is 5.66. The lowest BCUT2D eigenvalue weighted by molar-refractivity contribution is -0.139. The van der Waals surface area contributed by atoms with Gasteiger partial charge in [0.25, 0.3) is 0 Å². The van der Waals surface area contributed by atoms with Gasteiger partial charge in [-0.15, -0.1) is 0 Å². The molecule has 0 aromatic carbocycles. The Morgan fingerprint density at radius 1 is 1.30 bits per heavy atom. The first-order chi connectivity index (χ1) is 11.3. The zero-order valence-corrected chi connectivity index (χ0v) is 13.6. The van der Waals surface area contributed by atoms with Crippen molar-refractivity contribution in [3.05, 3.63) is 30.1 Å². The first-order valence-electron chi connectivity index (χ1n) is 8.78. The third kappa shape index (κ3) is 3.00. The number of ether oxygens (including phenoxy) is 1. The number of amides is 1. The predicted molar refractivity (Wildman–Crippen MR) is 86.7 cm³/mol. The highest BCUT2D eigenvalue weighted by atomic mass is 16.5. The third-order valence-electron chi connectivity index (χ3n) is 5.66. The molecule has 4 heterocycles. The number of pyridine rings is 1. The van der Waals surface area contributed by atoms with E-state index in [1.807, 2.05) is 17.3 Å². The average molecular weight is 315 g/mol. The van der Waals surface area contributed by atoms with Gasteiger partial charge in [-0.25, -0.2) is 0 Å². The topological polar surface area (TPSA) is 45.7 Å². The maximum absolute atomic E-state index is 11.8. The molecule has 23 heavy (non-hydrogen) atoms. The number of carbonyl (C=O) groups excluding carboxylic acids is 1. The van der Waals surface area contributed by atoms with E-state index in [0.29, 0.717) is 11.8 Å². The van der Waals surface area contributed by atoms with Crippen molar-refractivity contribution in [3.63, 3.8) is 0 Å². The molecule has 124 valence electrons. The van der Waals surface area contributed by atoms with Gasteiger partial charge in [-0.2, -0.15) is 0 Å². The maximum Gasteiger partial charge on any atom is 0.222 e. The molecule has 1 aromatic rings. The molecule has 4 rings (SSSR count). The summed E-state index contributed by atoms with van der Waals surface area (Å²) in [4.78, 5) is 20.3. The van der Waals surface area contributed by atoms with Gasteiger partial charge in [0.1, 0.15) is 0 Å². The van der Waals surface area contributed by atoms with Crippen LogP contribution in [0.15, 0.2) is 24.5 Å². The van der Waals surface area contributed by atoms with E-state index in [-0.39, 0.29) is 5.60 Å². The minimum atomic E-state index is 0.0514. The Hall–Kier alpha value is -1.46. The lowest BCUT2D eigenvalue weighted by atomic mass is 9.78. The van der Waals surface area contributed by atoms with Gasteiger partial charge in [-0.3, -0.25) is 14.7 Å². The molecule has 1 amide bonds. The fourth-order valence-corrected chi connectivity index (χ4v) is 4.36. The maximum atomic E-state index is 11.8. The summed E-state index contributed by atoms with van der Waals surface area (Å²) < 4.78 is 6.14. The fourth-order valence-electron chi connectivity index (χ4n) is 4.36. The second kappa shape index (κ2) is 6.21. The molecule has 0 bridgehead atoms. The minimum Gasteiger partial charge on any atom is -0.372 e. The lowest BCUT2D eigenvalue weighted by Gasteiger charge is -2.50. The highest BCUT2D eigenvalue weighted by Crippen LogP contribution is 2.42. The van der Waals surface area contributed by atoms with Gasteiger partial charge < -0.3 is 9.64 Å². The Labute approximate surface area is 137 Å². The van der Waals surface area contributed by atoms with Crippen LogP contribution in [0.25, 0.3) is 0 Å². The highest BCUT2D eigenvalue weighted by Gasteiger charge is 2.52. The Morgan fingerprint density at radius 3 is 2.87 bits per heavy atom. The second-order valence-corrected chi connectivity index (χ2v) is 7.17. The summed E-state index contributed by atoms with van der Waals surface area (Å²) in [7, 11) is 0. The molecule has 5 nitrogen and oxygen atoms in total. The molecule has 0 aliphatic carbocycles. The molecule has 1 aromatic heterocycles. The smallest absolute Gasteiger partial charge is 0.222 e. The first kappa shape index (κ1) is 15.1. The molecule has 5 heteroatoms. The van der Waals surface area contributed by atoms with Crippen LogP contribution in [0, 0.1) is 5.92 Å². The number of carbonyl (C=O) groups is 1. The molecule has 1 spiro atoms. The summed E-state index contributed by atoms with van der Waals surface area (Å²) in [5, 5.41) is 0. The highest BCUT2D eigenvalue weighted by molar-refractivity contribution is 5.77. The van der Waals surface area contributed by atoms with Crippen molar-refractivity contribution in [3.8, 4) is 0 Å². The van der Waals surface area contributed by atoms with Crippen LogP contribution in [0.5, 0.6) is 0 Å². The van der Waals surface area contributed by atoms with Gasteiger partial charge in [0.2, 0.25) is 5.91 Å². The first-order valence-corrected chi connectivity index (χ1v) is 8.78.